The fourth-order valence-electron chi connectivity index (χ4n) is 2.91. The molecule has 1 N–H and O–H groups in total. The van der Waals surface area contributed by atoms with E-state index in [-0.39, 0.29) is 0 Å². The van der Waals surface area contributed by atoms with E-state index in [1.807, 2.05) is 0 Å². The Morgan fingerprint density at radius 1 is 1.18 bits per heavy atom. The van der Waals surface area contributed by atoms with E-state index in [2.05, 4.69) is 0 Å². The van der Waals surface area contributed by atoms with Gasteiger partial charge < -0.3 is 9.84 Å². The fourth-order valence-corrected chi connectivity index (χ4v) is 4.82. The molecule has 1 aliphatic rings. The number of aliphatic carboxylic acids is 1. The molecule has 0 radical (unpaired) electrons. The van der Waals surface area contributed by atoms with Crippen LogP contribution in [0, 0.1) is 0 Å². The number of halogens is 3. The highest BCUT2D eigenvalue weighted by molar-refractivity contribution is 7.92. The first-order valence-corrected chi connectivity index (χ1v) is 9.82. The number of sulfone groups is 1. The zero-order valence-corrected chi connectivity index (χ0v) is 16.2. The van der Waals surface area contributed by atoms with E-state index in [1.165, 1.54) is 0 Å². The van der Waals surface area contributed by atoms with Gasteiger partial charge in [-0.15, -0.1) is 0 Å². The van der Waals surface area contributed by atoms with Crippen molar-refractivity contribution in [3.63, 3.8) is 0 Å². The summed E-state index contributed by atoms with van der Waals surface area (Å²) < 4.78 is 70.5. The molecule has 28 heavy (non-hydrogen) atoms. The minimum atomic E-state index is -4.90. The fraction of sp³-hybridized carbons (Fsp3) is 0.529. The number of benzene rings is 1. The van der Waals surface area contributed by atoms with Gasteiger partial charge in [-0.3, -0.25) is 4.90 Å². The molecule has 1 aliphatic heterocycles. The van der Waals surface area contributed by atoms with Crippen LogP contribution in [0.4, 0.5) is 18.0 Å². The Morgan fingerprint density at radius 2 is 1.75 bits per heavy atom. The third-order valence-corrected chi connectivity index (χ3v) is 6.30. The van der Waals surface area contributed by atoms with Crippen LogP contribution in [0.2, 0.25) is 0 Å². The number of carboxylic acid groups (broad SMARTS) is 1. The SMILES string of the molecule is CC(C)(C)OC(=O)N1C[C@H](S(=O)(=O)c2ccccc2C(F)(F)F)C[C@H]1C(=O)O. The van der Waals surface area contributed by atoms with Crippen molar-refractivity contribution >= 4 is 21.9 Å². The maximum atomic E-state index is 13.2. The second-order valence-electron chi connectivity index (χ2n) is 7.38. The Bertz CT molecular complexity index is 876. The lowest BCUT2D eigenvalue weighted by Crippen LogP contribution is -2.43. The van der Waals surface area contributed by atoms with Gasteiger partial charge in [0.2, 0.25) is 0 Å². The number of likely N-dealkylation sites (tertiary alicyclic amines) is 1. The molecule has 2 atom stereocenters. The minimum absolute atomic E-state index is 0.539. The largest absolute Gasteiger partial charge is 0.480 e. The molecule has 0 aromatic heterocycles. The van der Waals surface area contributed by atoms with Crippen molar-refractivity contribution in [2.24, 2.45) is 0 Å². The summed E-state index contributed by atoms with van der Waals surface area (Å²) in [4.78, 5) is 23.6. The summed E-state index contributed by atoms with van der Waals surface area (Å²) in [6.07, 6.45) is -6.48. The van der Waals surface area contributed by atoms with Crippen LogP contribution in [0.3, 0.4) is 0 Å². The third kappa shape index (κ3) is 4.57. The van der Waals surface area contributed by atoms with E-state index in [1.54, 1.807) is 20.8 Å². The molecule has 1 aromatic rings. The van der Waals surface area contributed by atoms with Crippen LogP contribution in [0.5, 0.6) is 0 Å². The number of hydrogen-bond acceptors (Lipinski definition) is 5. The standard InChI is InChI=1S/C17H20F3NO6S/c1-16(2,3)27-15(24)21-9-10(8-12(21)14(22)23)28(25,26)13-7-5-4-6-11(13)17(18,19)20/h4-7,10,12H,8-9H2,1-3H3,(H,22,23)/t10-,12+/m1/s1. The van der Waals surface area contributed by atoms with Crippen molar-refractivity contribution in [1.29, 1.82) is 0 Å². The Hall–Kier alpha value is -2.30. The predicted molar refractivity (Wildman–Crippen MR) is 91.4 cm³/mol. The van der Waals surface area contributed by atoms with E-state index in [9.17, 15) is 36.3 Å². The Morgan fingerprint density at radius 3 is 2.25 bits per heavy atom. The number of carbonyl (C=O) groups excluding carboxylic acids is 1. The molecule has 0 spiro atoms. The molecule has 0 aliphatic carbocycles. The maximum Gasteiger partial charge on any atom is 0.417 e. The van der Waals surface area contributed by atoms with Crippen molar-refractivity contribution in [1.82, 2.24) is 4.90 Å². The molecular weight excluding hydrogens is 403 g/mol. The molecule has 1 heterocycles. The predicted octanol–water partition coefficient (Wildman–Crippen LogP) is 2.94. The van der Waals surface area contributed by atoms with Crippen LogP contribution >= 0.6 is 0 Å². The van der Waals surface area contributed by atoms with Gasteiger partial charge in [-0.2, -0.15) is 13.2 Å². The first-order chi connectivity index (χ1) is 12.6. The second kappa shape index (κ2) is 7.26. The summed E-state index contributed by atoms with van der Waals surface area (Å²) in [6, 6.07) is 2.15. The van der Waals surface area contributed by atoms with Crippen LogP contribution in [0.25, 0.3) is 0 Å². The zero-order chi connectivity index (χ0) is 21.5. The zero-order valence-electron chi connectivity index (χ0n) is 15.4. The minimum Gasteiger partial charge on any atom is -0.480 e. The van der Waals surface area contributed by atoms with Crippen LogP contribution in [0.1, 0.15) is 32.8 Å². The number of hydrogen-bond donors (Lipinski definition) is 1. The van der Waals surface area contributed by atoms with Gasteiger partial charge in [0.15, 0.2) is 9.84 Å². The molecule has 1 saturated heterocycles. The average molecular weight is 423 g/mol. The number of carboxylic acids is 1. The molecule has 7 nitrogen and oxygen atoms in total. The number of alkyl halides is 3. The average Bonchev–Trinajstić information content (AvgIpc) is 2.99. The number of rotatable bonds is 3. The van der Waals surface area contributed by atoms with Crippen molar-refractivity contribution in [3.8, 4) is 0 Å². The van der Waals surface area contributed by atoms with Gasteiger partial charge in [-0.1, -0.05) is 12.1 Å². The van der Waals surface area contributed by atoms with E-state index in [0.717, 1.165) is 23.1 Å². The summed E-state index contributed by atoms with van der Waals surface area (Å²) in [5.41, 5.74) is -2.29. The lowest BCUT2D eigenvalue weighted by atomic mass is 10.2. The Labute approximate surface area is 160 Å². The van der Waals surface area contributed by atoms with Gasteiger partial charge in [0, 0.05) is 6.54 Å². The smallest absolute Gasteiger partial charge is 0.417 e. The van der Waals surface area contributed by atoms with E-state index in [0.29, 0.717) is 6.07 Å². The van der Waals surface area contributed by atoms with Gasteiger partial charge in [0.1, 0.15) is 11.6 Å². The van der Waals surface area contributed by atoms with Gasteiger partial charge in [0.05, 0.1) is 15.7 Å². The van der Waals surface area contributed by atoms with Crippen molar-refractivity contribution < 1.29 is 41.0 Å². The lowest BCUT2D eigenvalue weighted by molar-refractivity contribution is -0.142. The van der Waals surface area contributed by atoms with E-state index in [4.69, 9.17) is 4.74 Å². The molecule has 156 valence electrons. The first kappa shape index (κ1) is 22.0. The van der Waals surface area contributed by atoms with E-state index < -0.39 is 68.4 Å². The quantitative estimate of drug-likeness (QED) is 0.802. The highest BCUT2D eigenvalue weighted by atomic mass is 32.2. The molecule has 1 fully saturated rings. The summed E-state index contributed by atoms with van der Waals surface area (Å²) >= 11 is 0. The summed E-state index contributed by atoms with van der Waals surface area (Å²) in [6.45, 7) is 4.06. The summed E-state index contributed by atoms with van der Waals surface area (Å²) in [5.74, 6) is -1.47. The molecular formula is C17H20F3NO6S. The molecule has 11 heteroatoms. The third-order valence-electron chi connectivity index (χ3n) is 4.11. The lowest BCUT2D eigenvalue weighted by Gasteiger charge is -2.26. The Kier molecular flexibility index (Phi) is 5.71. The number of ether oxygens (including phenoxy) is 1. The number of nitrogens with zero attached hydrogens (tertiary/aromatic N) is 1. The van der Waals surface area contributed by atoms with Gasteiger partial charge >= 0.3 is 18.2 Å². The van der Waals surface area contributed by atoms with Crippen LogP contribution < -0.4 is 0 Å². The van der Waals surface area contributed by atoms with Crippen LogP contribution in [0.15, 0.2) is 29.2 Å². The molecule has 0 saturated carbocycles. The van der Waals surface area contributed by atoms with Gasteiger partial charge in [-0.05, 0) is 39.3 Å². The van der Waals surface area contributed by atoms with Gasteiger partial charge in [0.25, 0.3) is 0 Å². The van der Waals surface area contributed by atoms with Crippen LogP contribution in [-0.2, 0) is 25.5 Å². The molecule has 2 rings (SSSR count). The number of amides is 1. The maximum absolute atomic E-state index is 13.2. The summed E-state index contributed by atoms with van der Waals surface area (Å²) in [7, 11) is -4.56. The monoisotopic (exact) mass is 423 g/mol. The van der Waals surface area contributed by atoms with Crippen molar-refractivity contribution in [2.45, 2.75) is 55.2 Å². The van der Waals surface area contributed by atoms with Crippen LogP contribution in [-0.4, -0.2) is 53.9 Å². The molecule has 1 amide bonds. The molecule has 0 bridgehead atoms. The molecule has 0 unspecified atom stereocenters. The van der Waals surface area contributed by atoms with E-state index >= 15 is 0 Å². The Balaban J connectivity index is 2.41. The molecule has 1 aromatic carbocycles. The normalized spacial score (nSPS) is 20.9. The first-order valence-electron chi connectivity index (χ1n) is 8.27. The second-order valence-corrected chi connectivity index (χ2v) is 9.58. The number of carbonyl (C=O) groups is 2. The van der Waals surface area contributed by atoms with Gasteiger partial charge in [-0.25, -0.2) is 18.0 Å². The highest BCUT2D eigenvalue weighted by Crippen LogP contribution is 2.37. The van der Waals surface area contributed by atoms with Crippen molar-refractivity contribution in [2.75, 3.05) is 6.54 Å². The topological polar surface area (TPSA) is 101 Å². The van der Waals surface area contributed by atoms with Crippen molar-refractivity contribution in [3.05, 3.63) is 29.8 Å². The highest BCUT2D eigenvalue weighted by Gasteiger charge is 2.48. The summed E-state index contributed by atoms with van der Waals surface area (Å²) in [5, 5.41) is 7.83.